The van der Waals surface area contributed by atoms with Gasteiger partial charge in [-0.2, -0.15) is 0 Å². The second-order valence-corrected chi connectivity index (χ2v) is 8.75. The van der Waals surface area contributed by atoms with E-state index in [1.807, 2.05) is 0 Å². The summed E-state index contributed by atoms with van der Waals surface area (Å²) in [4.78, 5) is 0. The Bertz CT molecular complexity index is 891. The highest BCUT2D eigenvalue weighted by molar-refractivity contribution is 7.64. The van der Waals surface area contributed by atoms with Crippen molar-refractivity contribution in [3.63, 3.8) is 0 Å². The molecule has 0 heterocycles. The normalized spacial score (nSPS) is 16.1. The van der Waals surface area contributed by atoms with Gasteiger partial charge in [0.2, 0.25) is 0 Å². The zero-order valence-electron chi connectivity index (χ0n) is 14.1. The van der Waals surface area contributed by atoms with Gasteiger partial charge in [0.05, 0.1) is 0 Å². The Labute approximate surface area is 145 Å². The lowest BCUT2D eigenvalue weighted by Crippen LogP contribution is -2.13. The molecule has 0 aromatic heterocycles. The molecule has 1 atom stereocenters. The van der Waals surface area contributed by atoms with Crippen LogP contribution in [0.25, 0.3) is 11.6 Å². The van der Waals surface area contributed by atoms with Gasteiger partial charge in [0.25, 0.3) is 0 Å². The lowest BCUT2D eigenvalue weighted by Gasteiger charge is -2.23. The Morgan fingerprint density at radius 2 is 1.29 bits per heavy atom. The van der Waals surface area contributed by atoms with Gasteiger partial charge < -0.3 is 0 Å². The maximum absolute atomic E-state index is 2.37. The highest BCUT2D eigenvalue weighted by atomic mass is 31.1. The van der Waals surface area contributed by atoms with Crippen LogP contribution in [0.2, 0.25) is 0 Å². The van der Waals surface area contributed by atoms with Crippen LogP contribution in [0.3, 0.4) is 0 Å². The molecule has 0 saturated heterocycles. The van der Waals surface area contributed by atoms with Crippen molar-refractivity contribution >= 4 is 24.9 Å². The van der Waals surface area contributed by atoms with E-state index in [0.717, 1.165) is 0 Å². The third-order valence-electron chi connectivity index (χ3n) is 4.77. The van der Waals surface area contributed by atoms with Crippen LogP contribution in [-0.4, -0.2) is 13.3 Å². The van der Waals surface area contributed by atoms with Crippen molar-refractivity contribution in [1.82, 2.24) is 0 Å². The van der Waals surface area contributed by atoms with Gasteiger partial charge >= 0.3 is 0 Å². The van der Waals surface area contributed by atoms with Crippen molar-refractivity contribution in [2.75, 3.05) is 13.3 Å². The third-order valence-corrected chi connectivity index (χ3v) is 6.14. The van der Waals surface area contributed by atoms with Gasteiger partial charge in [-0.05, 0) is 52.5 Å². The van der Waals surface area contributed by atoms with Gasteiger partial charge in [0.15, 0.2) is 0 Å². The molecule has 1 aliphatic rings. The highest BCUT2D eigenvalue weighted by Crippen LogP contribution is 2.46. The van der Waals surface area contributed by atoms with Crippen molar-refractivity contribution in [3.8, 4) is 0 Å². The van der Waals surface area contributed by atoms with E-state index in [-0.39, 0.29) is 7.92 Å². The van der Waals surface area contributed by atoms with Crippen LogP contribution in [0.15, 0.2) is 78.9 Å². The van der Waals surface area contributed by atoms with Crippen LogP contribution in [0.4, 0.5) is 0 Å². The van der Waals surface area contributed by atoms with E-state index in [1.165, 1.54) is 33.1 Å². The number of allylic oxidation sites excluding steroid dienone is 1. The van der Waals surface area contributed by atoms with Gasteiger partial charge in [-0.15, -0.1) is 0 Å². The monoisotopic (exact) mass is 328 g/mol. The summed E-state index contributed by atoms with van der Waals surface area (Å²) < 4.78 is 0. The van der Waals surface area contributed by atoms with Crippen LogP contribution in [0, 0.1) is 0 Å². The first-order chi connectivity index (χ1) is 11.8. The summed E-state index contributed by atoms with van der Waals surface area (Å²) in [6.07, 6.45) is 2.37. The van der Waals surface area contributed by atoms with Gasteiger partial charge in [0, 0.05) is 5.92 Å². The smallest absolute Gasteiger partial charge is 0.0358 e. The number of rotatable bonds is 3. The fourth-order valence-electron chi connectivity index (χ4n) is 3.68. The zero-order chi connectivity index (χ0) is 16.5. The Morgan fingerprint density at radius 1 is 0.667 bits per heavy atom. The van der Waals surface area contributed by atoms with E-state index < -0.39 is 0 Å². The van der Waals surface area contributed by atoms with Crippen molar-refractivity contribution in [1.29, 1.82) is 0 Å². The average Bonchev–Trinajstić information content (AvgIpc) is 3.02. The molecule has 0 bridgehead atoms. The van der Waals surface area contributed by atoms with Crippen molar-refractivity contribution in [2.45, 2.75) is 5.92 Å². The predicted molar refractivity (Wildman–Crippen MR) is 107 cm³/mol. The molecule has 1 aliphatic carbocycles. The first kappa shape index (κ1) is 15.4. The highest BCUT2D eigenvalue weighted by Gasteiger charge is 2.29. The second kappa shape index (κ2) is 6.38. The van der Waals surface area contributed by atoms with E-state index in [1.54, 1.807) is 0 Å². The molecule has 24 heavy (non-hydrogen) atoms. The molecule has 0 radical (unpaired) electrons. The van der Waals surface area contributed by atoms with Crippen LogP contribution in [0.1, 0.15) is 28.2 Å². The molecular formula is C23H21P. The Kier molecular flexibility index (Phi) is 4.08. The Balaban J connectivity index is 1.93. The van der Waals surface area contributed by atoms with Crippen LogP contribution in [-0.2, 0) is 0 Å². The molecule has 0 fully saturated rings. The number of fused-ring (bicyclic) bond motifs is 1. The first-order valence-electron chi connectivity index (χ1n) is 8.38. The first-order valence-corrected chi connectivity index (χ1v) is 10.6. The third kappa shape index (κ3) is 2.62. The average molecular weight is 328 g/mol. The summed E-state index contributed by atoms with van der Waals surface area (Å²) in [6, 6.07) is 28.6. The summed E-state index contributed by atoms with van der Waals surface area (Å²) in [5, 5.41) is 1.51. The predicted octanol–water partition coefficient (Wildman–Crippen LogP) is 5.74. The lowest BCUT2D eigenvalue weighted by atomic mass is 9.85. The summed E-state index contributed by atoms with van der Waals surface area (Å²) in [7, 11) is -0.137. The van der Waals surface area contributed by atoms with Gasteiger partial charge in [-0.25, -0.2) is 0 Å². The molecule has 3 aromatic rings. The molecule has 0 saturated carbocycles. The van der Waals surface area contributed by atoms with Gasteiger partial charge in [0.1, 0.15) is 0 Å². The minimum atomic E-state index is -0.137. The number of hydrogen-bond donors (Lipinski definition) is 0. The number of benzene rings is 3. The largest absolute Gasteiger partial charge is 0.0814 e. The SMILES string of the molecule is CP(C)c1ccccc1C1C(c2ccccc2)=Cc2ccccc21. The molecule has 0 N–H and O–H groups in total. The van der Waals surface area contributed by atoms with E-state index in [4.69, 9.17) is 0 Å². The Morgan fingerprint density at radius 3 is 2.04 bits per heavy atom. The van der Waals surface area contributed by atoms with E-state index >= 15 is 0 Å². The summed E-state index contributed by atoms with van der Waals surface area (Å²) in [6.45, 7) is 4.70. The Hall–Kier alpha value is -2.17. The molecule has 118 valence electrons. The van der Waals surface area contributed by atoms with Crippen molar-refractivity contribution in [2.24, 2.45) is 0 Å². The lowest BCUT2D eigenvalue weighted by molar-refractivity contribution is 1.08. The minimum absolute atomic E-state index is 0.137. The summed E-state index contributed by atoms with van der Waals surface area (Å²) >= 11 is 0. The molecular weight excluding hydrogens is 307 g/mol. The van der Waals surface area contributed by atoms with Crippen molar-refractivity contribution < 1.29 is 0 Å². The molecule has 0 nitrogen and oxygen atoms in total. The molecule has 0 aliphatic heterocycles. The summed E-state index contributed by atoms with van der Waals surface area (Å²) in [5.74, 6) is 0.338. The molecule has 4 rings (SSSR count). The number of hydrogen-bond acceptors (Lipinski definition) is 0. The van der Waals surface area contributed by atoms with Gasteiger partial charge in [-0.3, -0.25) is 0 Å². The molecule has 1 unspecified atom stereocenters. The molecule has 3 aromatic carbocycles. The van der Waals surface area contributed by atoms with Crippen LogP contribution >= 0.6 is 7.92 Å². The second-order valence-electron chi connectivity index (χ2n) is 6.48. The maximum Gasteiger partial charge on any atom is 0.0358 e. The fourth-order valence-corrected chi connectivity index (χ4v) is 4.78. The maximum atomic E-state index is 2.37. The fraction of sp³-hybridized carbons (Fsp3) is 0.130. The van der Waals surface area contributed by atoms with Crippen molar-refractivity contribution in [3.05, 3.63) is 101 Å². The van der Waals surface area contributed by atoms with E-state index in [2.05, 4.69) is 98.3 Å². The zero-order valence-corrected chi connectivity index (χ0v) is 15.0. The molecule has 0 amide bonds. The van der Waals surface area contributed by atoms with E-state index in [0.29, 0.717) is 5.92 Å². The standard InChI is InChI=1S/C23H21P/c1-24(2)22-15-9-8-14-20(22)23-19-13-7-6-12-18(19)16-21(23)17-10-4-3-5-11-17/h3-16,23H,1-2H3. The topological polar surface area (TPSA) is 0 Å². The quantitative estimate of drug-likeness (QED) is 0.538. The minimum Gasteiger partial charge on any atom is -0.0814 e. The summed E-state index contributed by atoms with van der Waals surface area (Å²) in [5.41, 5.74) is 6.99. The van der Waals surface area contributed by atoms with Crippen LogP contribution in [0.5, 0.6) is 0 Å². The molecule has 1 heteroatoms. The molecule has 0 spiro atoms. The van der Waals surface area contributed by atoms with E-state index in [9.17, 15) is 0 Å². The van der Waals surface area contributed by atoms with Gasteiger partial charge in [-0.1, -0.05) is 86.8 Å². The van der Waals surface area contributed by atoms with Crippen LogP contribution < -0.4 is 5.30 Å².